The van der Waals surface area contributed by atoms with E-state index in [1.807, 2.05) is 16.7 Å². The maximum atomic E-state index is 12.1. The maximum Gasteiger partial charge on any atom is 0.318 e. The highest BCUT2D eigenvalue weighted by atomic mass is 35.5. The number of nitrogens with zero attached hydrogens (tertiary/aromatic N) is 7. The first-order valence-electron chi connectivity index (χ1n) is 14.2. The van der Waals surface area contributed by atoms with Crippen molar-refractivity contribution in [3.63, 3.8) is 0 Å². The lowest BCUT2D eigenvalue weighted by atomic mass is 10.0. The molecule has 0 unspecified atom stereocenters. The molecule has 0 radical (unpaired) electrons. The van der Waals surface area contributed by atoms with Crippen LogP contribution in [0.2, 0.25) is 5.02 Å². The summed E-state index contributed by atoms with van der Waals surface area (Å²) in [6.45, 7) is 4.98. The van der Waals surface area contributed by atoms with E-state index in [9.17, 15) is 4.79 Å². The lowest BCUT2D eigenvalue weighted by Crippen LogP contribution is -2.38. The van der Waals surface area contributed by atoms with Gasteiger partial charge in [-0.1, -0.05) is 35.9 Å². The number of aromatic nitrogens is 4. The number of nitrogens with two attached hydrogens (primary N) is 1. The van der Waals surface area contributed by atoms with Crippen LogP contribution in [-0.4, -0.2) is 69.7 Å². The van der Waals surface area contributed by atoms with Crippen LogP contribution in [0, 0.1) is 0 Å². The van der Waals surface area contributed by atoms with Gasteiger partial charge >= 0.3 is 6.01 Å². The number of hydrogen-bond acceptors (Lipinski definition) is 8. The molecule has 2 aromatic carbocycles. The Morgan fingerprint density at radius 1 is 1.07 bits per heavy atom. The highest BCUT2D eigenvalue weighted by molar-refractivity contribution is 6.36. The van der Waals surface area contributed by atoms with E-state index in [-0.39, 0.29) is 0 Å². The van der Waals surface area contributed by atoms with Crippen LogP contribution in [0.3, 0.4) is 0 Å². The number of halogens is 1. The van der Waals surface area contributed by atoms with E-state index >= 15 is 0 Å². The largest absolute Gasteiger partial charge is 0.462 e. The molecular formula is C30H33ClN8O2. The quantitative estimate of drug-likeness (QED) is 0.373. The predicted octanol–water partition coefficient (Wildman–Crippen LogP) is 3.63. The molecule has 3 aliphatic heterocycles. The molecule has 4 aromatic rings. The number of ether oxygens (including phenoxy) is 1. The van der Waals surface area contributed by atoms with Crippen molar-refractivity contribution in [1.82, 2.24) is 24.4 Å². The topological polar surface area (TPSA) is 106 Å². The summed E-state index contributed by atoms with van der Waals surface area (Å²) in [5, 5.41) is 2.91. The number of carbonyl (C=O) groups excluding carboxylic acids is 1. The monoisotopic (exact) mass is 572 g/mol. The third-order valence-electron chi connectivity index (χ3n) is 8.70. The molecule has 0 aliphatic carbocycles. The van der Waals surface area contributed by atoms with Gasteiger partial charge in [0.15, 0.2) is 5.69 Å². The zero-order valence-corrected chi connectivity index (χ0v) is 23.8. The second-order valence-corrected chi connectivity index (χ2v) is 11.6. The Hall–Kier alpha value is -3.89. The highest BCUT2D eigenvalue weighted by Gasteiger charge is 2.31. The molecule has 1 fully saturated rings. The Kier molecular flexibility index (Phi) is 6.67. The van der Waals surface area contributed by atoms with Gasteiger partial charge in [-0.15, -0.1) is 0 Å². The van der Waals surface area contributed by atoms with Crippen molar-refractivity contribution in [2.24, 2.45) is 5.73 Å². The summed E-state index contributed by atoms with van der Waals surface area (Å²) in [6.07, 6.45) is 4.75. The molecule has 11 heteroatoms. The number of anilines is 2. The number of hydrogen-bond donors (Lipinski definition) is 1. The minimum Gasteiger partial charge on any atom is -0.462 e. The maximum absolute atomic E-state index is 12.1. The second kappa shape index (κ2) is 10.5. The Labute approximate surface area is 243 Å². The molecule has 0 spiro atoms. The van der Waals surface area contributed by atoms with Gasteiger partial charge < -0.3 is 29.7 Å². The highest BCUT2D eigenvalue weighted by Crippen LogP contribution is 2.37. The summed E-state index contributed by atoms with van der Waals surface area (Å²) < 4.78 is 8.29. The van der Waals surface area contributed by atoms with Gasteiger partial charge in [-0.2, -0.15) is 9.97 Å². The molecule has 1 amide bonds. The van der Waals surface area contributed by atoms with E-state index in [2.05, 4.69) is 51.0 Å². The van der Waals surface area contributed by atoms with Crippen LogP contribution in [0.4, 0.5) is 11.5 Å². The molecule has 41 heavy (non-hydrogen) atoms. The molecule has 10 nitrogen and oxygen atoms in total. The van der Waals surface area contributed by atoms with E-state index in [1.54, 1.807) is 6.33 Å². The van der Waals surface area contributed by atoms with Crippen molar-refractivity contribution in [1.29, 1.82) is 0 Å². The molecule has 5 heterocycles. The van der Waals surface area contributed by atoms with Crippen LogP contribution < -0.4 is 20.3 Å². The standard InChI is InChI=1S/C30H33ClN8O2/c1-36-11-4-7-20(36)17-41-30-34-23-15-37(24-9-3-6-19-5-2-8-22(31)26(19)24)12-10-21(23)29(35-30)38-13-14-39-18-33-27(28(32)40)25(39)16-38/h2-3,5-6,8-9,18,20H,4,7,10-17H2,1H3,(H2,32,40)/t20-/m0/s1. The fraction of sp³-hybridized carbons (Fsp3) is 0.400. The first-order valence-corrected chi connectivity index (χ1v) is 14.6. The number of carbonyl (C=O) groups is 1. The minimum atomic E-state index is -0.514. The van der Waals surface area contributed by atoms with Gasteiger partial charge in [0.05, 0.1) is 35.8 Å². The van der Waals surface area contributed by atoms with Gasteiger partial charge in [-0.05, 0) is 50.4 Å². The average molecular weight is 573 g/mol. The van der Waals surface area contributed by atoms with Crippen molar-refractivity contribution in [2.75, 3.05) is 43.1 Å². The van der Waals surface area contributed by atoms with Gasteiger partial charge in [0.25, 0.3) is 5.91 Å². The number of primary amides is 1. The Morgan fingerprint density at radius 3 is 2.73 bits per heavy atom. The lowest BCUT2D eigenvalue weighted by Gasteiger charge is -2.35. The predicted molar refractivity (Wildman–Crippen MR) is 159 cm³/mol. The molecule has 3 aliphatic rings. The van der Waals surface area contributed by atoms with Crippen molar-refractivity contribution in [3.8, 4) is 6.01 Å². The van der Waals surface area contributed by atoms with Gasteiger partial charge in [0.1, 0.15) is 12.4 Å². The molecule has 2 aromatic heterocycles. The Balaban J connectivity index is 1.25. The third kappa shape index (κ3) is 4.74. The molecule has 2 N–H and O–H groups in total. The number of likely N-dealkylation sites (tertiary alicyclic amines) is 1. The average Bonchev–Trinajstić information content (AvgIpc) is 3.60. The summed E-state index contributed by atoms with van der Waals surface area (Å²) in [4.78, 5) is 33.2. The van der Waals surface area contributed by atoms with Crippen LogP contribution >= 0.6 is 11.6 Å². The minimum absolute atomic E-state index is 0.317. The number of imidazole rings is 1. The molecule has 1 saturated heterocycles. The lowest BCUT2D eigenvalue weighted by molar-refractivity contribution is 0.0994. The summed E-state index contributed by atoms with van der Waals surface area (Å²) in [5.74, 6) is 0.350. The smallest absolute Gasteiger partial charge is 0.318 e. The van der Waals surface area contributed by atoms with E-state index in [0.717, 1.165) is 76.7 Å². The molecular weight excluding hydrogens is 540 g/mol. The van der Waals surface area contributed by atoms with E-state index < -0.39 is 5.91 Å². The van der Waals surface area contributed by atoms with E-state index in [1.165, 1.54) is 6.42 Å². The summed E-state index contributed by atoms with van der Waals surface area (Å²) in [7, 11) is 2.14. The zero-order chi connectivity index (χ0) is 28.1. The van der Waals surface area contributed by atoms with Gasteiger partial charge in [-0.25, -0.2) is 4.98 Å². The van der Waals surface area contributed by atoms with Crippen molar-refractivity contribution in [3.05, 3.63) is 70.4 Å². The normalized spacial score (nSPS) is 18.9. The number of amides is 1. The summed E-state index contributed by atoms with van der Waals surface area (Å²) in [5.41, 5.74) is 9.93. The van der Waals surface area contributed by atoms with Crippen LogP contribution in [-0.2, 0) is 26.1 Å². The SMILES string of the molecule is CN1CCC[C@H]1COc1nc2c(c(N3CCn4cnc(C(N)=O)c4C3)n1)CCN(c1cccc3cccc(Cl)c13)C2. The zero-order valence-electron chi connectivity index (χ0n) is 23.1. The van der Waals surface area contributed by atoms with E-state index in [0.29, 0.717) is 44.0 Å². The van der Waals surface area contributed by atoms with Gasteiger partial charge in [-0.3, -0.25) is 4.79 Å². The first-order chi connectivity index (χ1) is 20.0. The van der Waals surface area contributed by atoms with Crippen molar-refractivity contribution >= 4 is 39.8 Å². The molecule has 212 valence electrons. The number of likely N-dealkylation sites (N-methyl/N-ethyl adjacent to an activating group) is 1. The Bertz CT molecular complexity index is 1630. The van der Waals surface area contributed by atoms with Gasteiger partial charge in [0.2, 0.25) is 0 Å². The summed E-state index contributed by atoms with van der Waals surface area (Å²) >= 11 is 6.69. The van der Waals surface area contributed by atoms with Crippen LogP contribution in [0.1, 0.15) is 40.3 Å². The fourth-order valence-electron chi connectivity index (χ4n) is 6.46. The fourth-order valence-corrected chi connectivity index (χ4v) is 6.74. The van der Waals surface area contributed by atoms with Gasteiger partial charge in [0, 0.05) is 42.3 Å². The third-order valence-corrected chi connectivity index (χ3v) is 9.02. The molecule has 0 bridgehead atoms. The number of fused-ring (bicyclic) bond motifs is 3. The van der Waals surface area contributed by atoms with Crippen LogP contribution in [0.5, 0.6) is 6.01 Å². The molecule has 0 saturated carbocycles. The van der Waals surface area contributed by atoms with Crippen LogP contribution in [0.25, 0.3) is 10.8 Å². The summed E-state index contributed by atoms with van der Waals surface area (Å²) in [6, 6.07) is 13.1. The first kappa shape index (κ1) is 26.0. The molecule has 7 rings (SSSR count). The molecule has 1 atom stereocenters. The van der Waals surface area contributed by atoms with E-state index in [4.69, 9.17) is 32.0 Å². The Morgan fingerprint density at radius 2 is 1.93 bits per heavy atom. The second-order valence-electron chi connectivity index (χ2n) is 11.1. The van der Waals surface area contributed by atoms with Crippen LogP contribution in [0.15, 0.2) is 42.7 Å². The van der Waals surface area contributed by atoms with Crippen molar-refractivity contribution in [2.45, 2.75) is 44.9 Å². The number of rotatable bonds is 6. The van der Waals surface area contributed by atoms with Crippen molar-refractivity contribution < 1.29 is 9.53 Å². The number of benzene rings is 2.